The highest BCUT2D eigenvalue weighted by Gasteiger charge is 2.31. The lowest BCUT2D eigenvalue weighted by molar-refractivity contribution is -0.137. The van der Waals surface area contributed by atoms with E-state index in [-0.39, 0.29) is 35.2 Å². The van der Waals surface area contributed by atoms with Gasteiger partial charge in [-0.25, -0.2) is 0 Å². The first-order chi connectivity index (χ1) is 14.2. The zero-order chi connectivity index (χ0) is 21.5. The normalized spacial score (nSPS) is 14.5. The lowest BCUT2D eigenvalue weighted by Gasteiger charge is -2.18. The van der Waals surface area contributed by atoms with Gasteiger partial charge >= 0.3 is 6.18 Å². The number of tetrazole rings is 1. The van der Waals surface area contributed by atoms with Gasteiger partial charge in [-0.3, -0.25) is 9.59 Å². The lowest BCUT2D eigenvalue weighted by Crippen LogP contribution is -2.26. The summed E-state index contributed by atoms with van der Waals surface area (Å²) in [6, 6.07) is 8.24. The maximum absolute atomic E-state index is 12.9. The Labute approximate surface area is 167 Å². The highest BCUT2D eigenvalue weighted by molar-refractivity contribution is 6.02. The predicted octanol–water partition coefficient (Wildman–Crippen LogP) is 3.13. The second-order valence-corrected chi connectivity index (χ2v) is 6.60. The van der Waals surface area contributed by atoms with E-state index in [0.29, 0.717) is 11.4 Å². The van der Waals surface area contributed by atoms with Gasteiger partial charge in [0.2, 0.25) is 5.82 Å². The molecule has 1 unspecified atom stereocenters. The summed E-state index contributed by atoms with van der Waals surface area (Å²) < 4.78 is 44.0. The van der Waals surface area contributed by atoms with Gasteiger partial charge in [-0.1, -0.05) is 12.1 Å². The van der Waals surface area contributed by atoms with E-state index in [0.717, 1.165) is 16.9 Å². The van der Waals surface area contributed by atoms with Gasteiger partial charge in [0, 0.05) is 11.1 Å². The molecule has 1 aliphatic rings. The number of hydrogen-bond acceptors (Lipinski definition) is 6. The van der Waals surface area contributed by atoms with Crippen LogP contribution in [0.4, 0.5) is 18.9 Å². The molecule has 11 heteroatoms. The van der Waals surface area contributed by atoms with Crippen molar-refractivity contribution in [1.29, 1.82) is 0 Å². The molecular weight excluding hydrogens is 403 g/mol. The summed E-state index contributed by atoms with van der Waals surface area (Å²) in [6.07, 6.45) is -4.50. The fraction of sp³-hybridized carbons (Fsp3) is 0.211. The van der Waals surface area contributed by atoms with Crippen molar-refractivity contribution < 1.29 is 27.5 Å². The lowest BCUT2D eigenvalue weighted by atomic mass is 10.0. The SMILES string of the molecule is CC(C(=O)c1ccc2c(c1)NC(=O)CO2)n1nnc(-c2cccc(C(F)(F)F)c2)n1. The monoisotopic (exact) mass is 417 g/mol. The number of nitrogens with one attached hydrogen (secondary N) is 1. The highest BCUT2D eigenvalue weighted by Crippen LogP contribution is 2.32. The Balaban J connectivity index is 1.57. The molecule has 1 amide bonds. The van der Waals surface area contributed by atoms with Crippen LogP contribution in [0.2, 0.25) is 0 Å². The molecule has 3 aromatic rings. The van der Waals surface area contributed by atoms with Crippen LogP contribution in [0.25, 0.3) is 11.4 Å². The van der Waals surface area contributed by atoms with Gasteiger partial charge in [0.25, 0.3) is 5.91 Å². The van der Waals surface area contributed by atoms with Gasteiger partial charge in [0.1, 0.15) is 11.8 Å². The quantitative estimate of drug-likeness (QED) is 0.655. The number of ether oxygens (including phenoxy) is 1. The van der Waals surface area contributed by atoms with Crippen LogP contribution in [0.1, 0.15) is 28.9 Å². The second-order valence-electron chi connectivity index (χ2n) is 6.60. The minimum atomic E-state index is -4.50. The van der Waals surface area contributed by atoms with Gasteiger partial charge in [0.05, 0.1) is 11.3 Å². The van der Waals surface area contributed by atoms with E-state index in [9.17, 15) is 22.8 Å². The topological polar surface area (TPSA) is 99.0 Å². The van der Waals surface area contributed by atoms with Crippen LogP contribution in [-0.2, 0) is 11.0 Å². The van der Waals surface area contributed by atoms with E-state index in [1.807, 2.05) is 0 Å². The summed E-state index contributed by atoms with van der Waals surface area (Å²) in [7, 11) is 0. The first-order valence-corrected chi connectivity index (χ1v) is 8.80. The zero-order valence-electron chi connectivity index (χ0n) is 15.5. The first-order valence-electron chi connectivity index (χ1n) is 8.80. The standard InChI is InChI=1S/C19H14F3N5O3/c1-10(17(29)11-5-6-15-14(8-11)23-16(28)9-30-15)27-25-18(24-26-27)12-3-2-4-13(7-12)19(20,21)22/h2-8,10H,9H2,1H3,(H,23,28). The Morgan fingerprint density at radius 2 is 2.03 bits per heavy atom. The molecule has 0 aliphatic carbocycles. The predicted molar refractivity (Wildman–Crippen MR) is 97.9 cm³/mol. The summed E-state index contributed by atoms with van der Waals surface area (Å²) in [4.78, 5) is 25.3. The number of alkyl halides is 3. The molecule has 1 N–H and O–H groups in total. The number of aromatic nitrogens is 4. The number of rotatable bonds is 4. The molecular formula is C19H14F3N5O3. The summed E-state index contributed by atoms with van der Waals surface area (Å²) in [5.41, 5.74) is -0.0476. The maximum atomic E-state index is 12.9. The van der Waals surface area contributed by atoms with Gasteiger partial charge in [-0.15, -0.1) is 10.2 Å². The highest BCUT2D eigenvalue weighted by atomic mass is 19.4. The van der Waals surface area contributed by atoms with Gasteiger partial charge in [-0.2, -0.15) is 18.0 Å². The summed E-state index contributed by atoms with van der Waals surface area (Å²) in [5, 5.41) is 14.3. The number of benzene rings is 2. The smallest absolute Gasteiger partial charge is 0.416 e. The Morgan fingerprint density at radius 1 is 1.23 bits per heavy atom. The number of fused-ring (bicyclic) bond motifs is 1. The Morgan fingerprint density at radius 3 is 2.80 bits per heavy atom. The minimum absolute atomic E-state index is 0.0353. The van der Waals surface area contributed by atoms with Gasteiger partial charge in [0.15, 0.2) is 12.4 Å². The number of nitrogens with zero attached hydrogens (tertiary/aromatic N) is 4. The second kappa shape index (κ2) is 7.25. The molecule has 8 nitrogen and oxygen atoms in total. The van der Waals surface area contributed by atoms with Crippen molar-refractivity contribution in [1.82, 2.24) is 20.2 Å². The van der Waals surface area contributed by atoms with E-state index in [2.05, 4.69) is 20.7 Å². The van der Waals surface area contributed by atoms with E-state index in [1.165, 1.54) is 25.1 Å². The fourth-order valence-electron chi connectivity index (χ4n) is 2.92. The first kappa shape index (κ1) is 19.6. The van der Waals surface area contributed by atoms with E-state index in [4.69, 9.17) is 4.74 Å². The summed E-state index contributed by atoms with van der Waals surface area (Å²) in [5.74, 6) is -0.286. The van der Waals surface area contributed by atoms with Crippen LogP contribution in [0.15, 0.2) is 42.5 Å². The van der Waals surface area contributed by atoms with Crippen molar-refractivity contribution in [3.63, 3.8) is 0 Å². The number of carbonyl (C=O) groups excluding carboxylic acids is 2. The van der Waals surface area contributed by atoms with Crippen LogP contribution in [-0.4, -0.2) is 38.5 Å². The number of anilines is 1. The van der Waals surface area contributed by atoms with Crippen molar-refractivity contribution in [2.45, 2.75) is 19.1 Å². The van der Waals surface area contributed by atoms with Crippen LogP contribution in [0, 0.1) is 0 Å². The van der Waals surface area contributed by atoms with Crippen molar-refractivity contribution >= 4 is 17.4 Å². The third-order valence-electron chi connectivity index (χ3n) is 4.50. The van der Waals surface area contributed by atoms with Gasteiger partial charge in [-0.05, 0) is 42.5 Å². The summed E-state index contributed by atoms with van der Waals surface area (Å²) in [6.45, 7) is 1.44. The van der Waals surface area contributed by atoms with Crippen LogP contribution in [0.3, 0.4) is 0 Å². The molecule has 154 valence electrons. The number of ketones is 1. The maximum Gasteiger partial charge on any atom is 0.416 e. The number of carbonyl (C=O) groups is 2. The van der Waals surface area contributed by atoms with Crippen LogP contribution < -0.4 is 10.1 Å². The molecule has 0 radical (unpaired) electrons. The third-order valence-corrected chi connectivity index (χ3v) is 4.50. The number of amides is 1. The minimum Gasteiger partial charge on any atom is -0.482 e. The molecule has 1 atom stereocenters. The van der Waals surface area contributed by atoms with Crippen molar-refractivity contribution in [3.05, 3.63) is 53.6 Å². The third kappa shape index (κ3) is 3.73. The summed E-state index contributed by atoms with van der Waals surface area (Å²) >= 11 is 0. The number of hydrogen-bond donors (Lipinski definition) is 1. The average molecular weight is 417 g/mol. The molecule has 0 saturated heterocycles. The van der Waals surface area contributed by atoms with Gasteiger partial charge < -0.3 is 10.1 Å². The number of Topliss-reactive ketones (excluding diaryl/α,β-unsaturated/α-hetero) is 1. The van der Waals surface area contributed by atoms with E-state index in [1.54, 1.807) is 12.1 Å². The Kier molecular flexibility index (Phi) is 4.72. The Hall–Kier alpha value is -3.76. The molecule has 2 aromatic carbocycles. The van der Waals surface area contributed by atoms with Crippen molar-refractivity contribution in [2.75, 3.05) is 11.9 Å². The molecule has 1 aliphatic heterocycles. The molecule has 0 saturated carbocycles. The van der Waals surface area contributed by atoms with Crippen LogP contribution in [0.5, 0.6) is 5.75 Å². The number of halogens is 3. The molecule has 0 bridgehead atoms. The molecule has 0 fully saturated rings. The van der Waals surface area contributed by atoms with Crippen molar-refractivity contribution in [3.8, 4) is 17.1 Å². The molecule has 30 heavy (non-hydrogen) atoms. The van der Waals surface area contributed by atoms with E-state index < -0.39 is 17.8 Å². The molecule has 0 spiro atoms. The Bertz CT molecular complexity index is 1140. The fourth-order valence-corrected chi connectivity index (χ4v) is 2.92. The largest absolute Gasteiger partial charge is 0.482 e. The molecule has 1 aromatic heterocycles. The zero-order valence-corrected chi connectivity index (χ0v) is 15.5. The van der Waals surface area contributed by atoms with Crippen molar-refractivity contribution in [2.24, 2.45) is 0 Å². The molecule has 2 heterocycles. The molecule has 4 rings (SSSR count). The average Bonchev–Trinajstić information content (AvgIpc) is 3.22. The van der Waals surface area contributed by atoms with Crippen LogP contribution >= 0.6 is 0 Å². The van der Waals surface area contributed by atoms with E-state index >= 15 is 0 Å².